The summed E-state index contributed by atoms with van der Waals surface area (Å²) in [5.41, 5.74) is 1.92. The van der Waals surface area contributed by atoms with Crippen LogP contribution in [0, 0.1) is 11.3 Å². The lowest BCUT2D eigenvalue weighted by atomic mass is 10.1. The Morgan fingerprint density at radius 1 is 1.24 bits per heavy atom. The van der Waals surface area contributed by atoms with Crippen LogP contribution in [0.3, 0.4) is 0 Å². The van der Waals surface area contributed by atoms with Gasteiger partial charge in [0.05, 0.1) is 5.56 Å². The molecule has 2 aromatic rings. The molecule has 1 fully saturated rings. The van der Waals surface area contributed by atoms with E-state index < -0.39 is 0 Å². The summed E-state index contributed by atoms with van der Waals surface area (Å²) in [5.74, 6) is 0. The molecule has 1 aliphatic carbocycles. The van der Waals surface area contributed by atoms with Crippen molar-refractivity contribution in [2.45, 2.75) is 35.2 Å². The Hall–Kier alpha value is -1.28. The molecule has 2 nitrogen and oxygen atoms in total. The minimum Gasteiger partial charge on any atom is -0.310 e. The van der Waals surface area contributed by atoms with E-state index in [9.17, 15) is 5.26 Å². The average molecular weight is 359 g/mol. The minimum absolute atomic E-state index is 0.686. The second kappa shape index (κ2) is 6.65. The Bertz CT molecular complexity index is 689. The monoisotopic (exact) mass is 358 g/mol. The number of benzene rings is 2. The number of halogens is 1. The normalized spacial score (nSPS) is 13.9. The molecule has 1 N–H and O–H groups in total. The van der Waals surface area contributed by atoms with Gasteiger partial charge in [0.1, 0.15) is 6.07 Å². The smallest absolute Gasteiger partial charge is 0.100 e. The zero-order valence-electron chi connectivity index (χ0n) is 11.5. The molecule has 0 unspecified atom stereocenters. The second-order valence-electron chi connectivity index (χ2n) is 5.16. The summed E-state index contributed by atoms with van der Waals surface area (Å²) in [5, 5.41) is 12.9. The van der Waals surface area contributed by atoms with Gasteiger partial charge in [-0.1, -0.05) is 39.8 Å². The summed E-state index contributed by atoms with van der Waals surface area (Å²) in [7, 11) is 0. The molecule has 0 saturated heterocycles. The first-order chi connectivity index (χ1) is 10.2. The Kier molecular flexibility index (Phi) is 4.64. The number of nitriles is 1. The first-order valence-electron chi connectivity index (χ1n) is 6.94. The third-order valence-electron chi connectivity index (χ3n) is 3.36. The standard InChI is InChI=1S/C17H15BrN2S/c18-14-2-1-3-16(9-14)21-17-7-4-12(8-13(17)10-19)11-20-15-5-6-15/h1-4,7-9,15,20H,5-6,11H2. The lowest BCUT2D eigenvalue weighted by molar-refractivity contribution is 0.687. The highest BCUT2D eigenvalue weighted by atomic mass is 79.9. The molecule has 3 rings (SSSR count). The molecule has 106 valence electrons. The maximum atomic E-state index is 9.37. The lowest BCUT2D eigenvalue weighted by Crippen LogP contribution is -2.15. The molecule has 0 aromatic heterocycles. The summed E-state index contributed by atoms with van der Waals surface area (Å²) in [6.45, 7) is 0.848. The van der Waals surface area contributed by atoms with E-state index >= 15 is 0 Å². The average Bonchev–Trinajstić information content (AvgIpc) is 3.30. The molecular formula is C17H15BrN2S. The molecule has 0 aliphatic heterocycles. The molecule has 1 saturated carbocycles. The van der Waals surface area contributed by atoms with Crippen molar-refractivity contribution in [2.24, 2.45) is 0 Å². The van der Waals surface area contributed by atoms with Gasteiger partial charge in [-0.2, -0.15) is 5.26 Å². The van der Waals surface area contributed by atoms with Gasteiger partial charge in [-0.3, -0.25) is 0 Å². The Morgan fingerprint density at radius 2 is 2.10 bits per heavy atom. The third kappa shape index (κ3) is 4.10. The summed E-state index contributed by atoms with van der Waals surface area (Å²) in [4.78, 5) is 2.13. The Balaban J connectivity index is 1.76. The molecule has 1 aliphatic rings. The minimum atomic E-state index is 0.686. The zero-order valence-corrected chi connectivity index (χ0v) is 13.9. The van der Waals surface area contributed by atoms with Gasteiger partial charge in [-0.15, -0.1) is 0 Å². The molecule has 2 aromatic carbocycles. The summed E-state index contributed by atoms with van der Waals surface area (Å²) in [6.07, 6.45) is 2.56. The van der Waals surface area contributed by atoms with Crippen molar-refractivity contribution >= 4 is 27.7 Å². The number of rotatable bonds is 5. The van der Waals surface area contributed by atoms with Crippen molar-refractivity contribution in [1.29, 1.82) is 5.26 Å². The summed E-state index contributed by atoms with van der Waals surface area (Å²) < 4.78 is 1.05. The van der Waals surface area contributed by atoms with E-state index in [2.05, 4.69) is 45.5 Å². The highest BCUT2D eigenvalue weighted by Crippen LogP contribution is 2.32. The molecule has 21 heavy (non-hydrogen) atoms. The van der Waals surface area contributed by atoms with Crippen LogP contribution in [0.15, 0.2) is 56.7 Å². The van der Waals surface area contributed by atoms with Gasteiger partial charge in [0.15, 0.2) is 0 Å². The van der Waals surface area contributed by atoms with Crippen molar-refractivity contribution < 1.29 is 0 Å². The third-order valence-corrected chi connectivity index (χ3v) is 4.92. The van der Waals surface area contributed by atoms with Crippen molar-refractivity contribution in [1.82, 2.24) is 5.32 Å². The van der Waals surface area contributed by atoms with Crippen molar-refractivity contribution in [3.05, 3.63) is 58.1 Å². The van der Waals surface area contributed by atoms with E-state index in [1.807, 2.05) is 24.3 Å². The van der Waals surface area contributed by atoms with E-state index in [1.54, 1.807) is 11.8 Å². The van der Waals surface area contributed by atoms with Crippen LogP contribution < -0.4 is 5.32 Å². The zero-order chi connectivity index (χ0) is 14.7. The number of hydrogen-bond acceptors (Lipinski definition) is 3. The molecule has 0 atom stereocenters. The van der Waals surface area contributed by atoms with Crippen molar-refractivity contribution in [3.63, 3.8) is 0 Å². The van der Waals surface area contributed by atoms with Crippen LogP contribution in [0.2, 0.25) is 0 Å². The SMILES string of the molecule is N#Cc1cc(CNC2CC2)ccc1Sc1cccc(Br)c1. The molecule has 0 spiro atoms. The maximum Gasteiger partial charge on any atom is 0.100 e. The van der Waals surface area contributed by atoms with Gasteiger partial charge in [0.25, 0.3) is 0 Å². The highest BCUT2D eigenvalue weighted by Gasteiger charge is 2.20. The largest absolute Gasteiger partial charge is 0.310 e. The fraction of sp³-hybridized carbons (Fsp3) is 0.235. The predicted octanol–water partition coefficient (Wildman–Crippen LogP) is 4.72. The topological polar surface area (TPSA) is 35.8 Å². The van der Waals surface area contributed by atoms with Crippen LogP contribution in [0.25, 0.3) is 0 Å². The number of hydrogen-bond donors (Lipinski definition) is 1. The highest BCUT2D eigenvalue weighted by molar-refractivity contribution is 9.10. The molecule has 0 amide bonds. The molecule has 4 heteroatoms. The number of nitrogens with zero attached hydrogens (tertiary/aromatic N) is 1. The van der Waals surface area contributed by atoms with Crippen LogP contribution in [0.1, 0.15) is 24.0 Å². The lowest BCUT2D eigenvalue weighted by Gasteiger charge is -2.08. The van der Waals surface area contributed by atoms with Gasteiger partial charge in [-0.25, -0.2) is 0 Å². The van der Waals surface area contributed by atoms with Gasteiger partial charge in [0.2, 0.25) is 0 Å². The molecule has 0 heterocycles. The molecular weight excluding hydrogens is 344 g/mol. The second-order valence-corrected chi connectivity index (χ2v) is 7.19. The van der Waals surface area contributed by atoms with Crippen LogP contribution in [0.5, 0.6) is 0 Å². The quantitative estimate of drug-likeness (QED) is 0.839. The fourth-order valence-electron chi connectivity index (χ4n) is 2.07. The van der Waals surface area contributed by atoms with Crippen LogP contribution >= 0.6 is 27.7 Å². The van der Waals surface area contributed by atoms with E-state index in [4.69, 9.17) is 0 Å². The van der Waals surface area contributed by atoms with Gasteiger partial charge < -0.3 is 5.32 Å². The van der Waals surface area contributed by atoms with Gasteiger partial charge in [0, 0.05) is 26.9 Å². The molecule has 0 radical (unpaired) electrons. The van der Waals surface area contributed by atoms with Crippen LogP contribution in [-0.2, 0) is 6.54 Å². The fourth-order valence-corrected chi connectivity index (χ4v) is 3.56. The van der Waals surface area contributed by atoms with E-state index in [1.165, 1.54) is 18.4 Å². The first kappa shape index (κ1) is 14.6. The predicted molar refractivity (Wildman–Crippen MR) is 89.3 cm³/mol. The van der Waals surface area contributed by atoms with Crippen molar-refractivity contribution in [3.8, 4) is 6.07 Å². The van der Waals surface area contributed by atoms with Crippen molar-refractivity contribution in [2.75, 3.05) is 0 Å². The maximum absolute atomic E-state index is 9.37. The Labute approximate surface area is 137 Å². The number of nitrogens with one attached hydrogen (secondary N) is 1. The summed E-state index contributed by atoms with van der Waals surface area (Å²) in [6, 6.07) is 17.3. The van der Waals surface area contributed by atoms with E-state index in [0.29, 0.717) is 6.04 Å². The molecule has 0 bridgehead atoms. The van der Waals surface area contributed by atoms with Gasteiger partial charge >= 0.3 is 0 Å². The first-order valence-corrected chi connectivity index (χ1v) is 8.55. The van der Waals surface area contributed by atoms with E-state index in [-0.39, 0.29) is 0 Å². The Morgan fingerprint density at radius 3 is 2.81 bits per heavy atom. The van der Waals surface area contributed by atoms with Crippen LogP contribution in [-0.4, -0.2) is 6.04 Å². The van der Waals surface area contributed by atoms with Gasteiger partial charge in [-0.05, 0) is 48.7 Å². The summed E-state index contributed by atoms with van der Waals surface area (Å²) >= 11 is 5.10. The van der Waals surface area contributed by atoms with Crippen LogP contribution in [0.4, 0.5) is 0 Å². The van der Waals surface area contributed by atoms with E-state index in [0.717, 1.165) is 26.4 Å².